The standard InChI is InChI=1S/C55H75N5O9/c1-10-12-23-49(62)69-50-39(7)31-43(32-40(50)8)34-60(26-28-67-27-11-2)35-48(61)56-44(25-24-41-19-15-13-16-20-41)52(64)58-46(30-38(5)6)53(65)59-47(33-42-21-17-14-18-22-42)54(66)57-45(29-37(3)4)51(63)55(9)36-68-55/h1,13-22,31-32,37-38,44-47H,11-12,23-30,33-36H2,2-9H3,(H,56,61)(H,57,66)(H,58,64)(H,59,65)/t44-,45-,46-,47-,55+/m0/s1. The number of ketones is 1. The highest BCUT2D eigenvalue weighted by molar-refractivity contribution is 5.99. The van der Waals surface area contributed by atoms with E-state index in [1.54, 1.807) is 6.92 Å². The van der Waals surface area contributed by atoms with Gasteiger partial charge in [-0.15, -0.1) is 12.3 Å². The lowest BCUT2D eigenvalue weighted by Gasteiger charge is -2.28. The van der Waals surface area contributed by atoms with Crippen molar-refractivity contribution in [2.75, 3.05) is 32.9 Å². The number of Topliss-reactive ketones (excluding diaryl/α,β-unsaturated/α-hetero) is 1. The van der Waals surface area contributed by atoms with Gasteiger partial charge in [-0.2, -0.15) is 0 Å². The van der Waals surface area contributed by atoms with E-state index in [0.29, 0.717) is 44.9 Å². The normalized spacial score (nSPS) is 15.9. The Hall–Kier alpha value is -5.88. The van der Waals surface area contributed by atoms with Crippen molar-refractivity contribution in [2.24, 2.45) is 11.8 Å². The van der Waals surface area contributed by atoms with Crippen LogP contribution in [0.1, 0.15) is 108 Å². The molecule has 1 fully saturated rings. The molecule has 1 heterocycles. The molecule has 4 N–H and O–H groups in total. The van der Waals surface area contributed by atoms with Crippen LogP contribution in [0.5, 0.6) is 5.75 Å². The van der Waals surface area contributed by atoms with Gasteiger partial charge in [0.05, 0.1) is 32.2 Å². The number of esters is 1. The lowest BCUT2D eigenvalue weighted by molar-refractivity contribution is -0.135. The van der Waals surface area contributed by atoms with Crippen molar-refractivity contribution in [3.63, 3.8) is 0 Å². The third kappa shape index (κ3) is 19.2. The molecular weight excluding hydrogens is 875 g/mol. The number of terminal acetylenes is 1. The van der Waals surface area contributed by atoms with Crippen LogP contribution >= 0.6 is 0 Å². The number of carbonyl (C=O) groups is 6. The number of ether oxygens (including phenoxy) is 3. The maximum absolute atomic E-state index is 14.5. The van der Waals surface area contributed by atoms with Crippen LogP contribution in [0.4, 0.5) is 0 Å². The Bertz CT molecular complexity index is 2180. The summed E-state index contributed by atoms with van der Waals surface area (Å²) in [4.78, 5) is 85.0. The van der Waals surface area contributed by atoms with E-state index in [2.05, 4.69) is 27.2 Å². The molecule has 0 saturated carbocycles. The van der Waals surface area contributed by atoms with E-state index in [-0.39, 0.29) is 62.9 Å². The molecule has 0 spiro atoms. The van der Waals surface area contributed by atoms with Gasteiger partial charge >= 0.3 is 5.97 Å². The summed E-state index contributed by atoms with van der Waals surface area (Å²) in [5.74, 6) is 0.322. The summed E-state index contributed by atoms with van der Waals surface area (Å²) in [6, 6.07) is 18.7. The SMILES string of the molecule is C#CCCC(=O)Oc1c(C)cc(CN(CCOCCC)CC(=O)N[C@@H](CCc2ccccc2)C(=O)N[C@@H](CC(C)C)C(=O)N[C@@H](Cc2ccccc2)C(=O)N[C@@H](CC(C)C)C(=O)[C@@]2(C)CO2)cc1C. The molecule has 14 nitrogen and oxygen atoms in total. The number of aryl methyl sites for hydroxylation is 3. The van der Waals surface area contributed by atoms with E-state index in [0.717, 1.165) is 34.2 Å². The van der Waals surface area contributed by atoms with Crippen molar-refractivity contribution in [1.82, 2.24) is 26.2 Å². The maximum Gasteiger partial charge on any atom is 0.312 e. The highest BCUT2D eigenvalue weighted by Gasteiger charge is 2.50. The first kappa shape index (κ1) is 55.7. The molecule has 3 aromatic rings. The number of nitrogens with one attached hydrogen (secondary N) is 4. The fraction of sp³-hybridized carbons (Fsp3) is 0.527. The second-order valence-electron chi connectivity index (χ2n) is 19.2. The topological polar surface area (TPSA) is 185 Å². The van der Waals surface area contributed by atoms with E-state index in [1.807, 2.05) is 126 Å². The van der Waals surface area contributed by atoms with E-state index in [9.17, 15) is 28.8 Å². The highest BCUT2D eigenvalue weighted by Crippen LogP contribution is 2.30. The van der Waals surface area contributed by atoms with Crippen LogP contribution in [0.25, 0.3) is 0 Å². The fourth-order valence-corrected chi connectivity index (χ4v) is 8.11. The van der Waals surface area contributed by atoms with Crippen molar-refractivity contribution in [3.05, 3.63) is 101 Å². The quantitative estimate of drug-likeness (QED) is 0.0200. The molecule has 0 aliphatic carbocycles. The zero-order valence-electron chi connectivity index (χ0n) is 42.0. The lowest BCUT2D eigenvalue weighted by Crippen LogP contribution is -2.59. The number of hydrogen-bond acceptors (Lipinski definition) is 10. The summed E-state index contributed by atoms with van der Waals surface area (Å²) in [5.41, 5.74) is 3.22. The summed E-state index contributed by atoms with van der Waals surface area (Å²) in [6.45, 7) is 17.2. The van der Waals surface area contributed by atoms with Crippen LogP contribution in [-0.4, -0.2) is 103 Å². The molecule has 0 radical (unpaired) electrons. The Kier molecular flexibility index (Phi) is 22.6. The van der Waals surface area contributed by atoms with Gasteiger partial charge in [0.25, 0.3) is 0 Å². The molecule has 4 rings (SSSR count). The number of hydrogen-bond donors (Lipinski definition) is 4. The van der Waals surface area contributed by atoms with Gasteiger partial charge in [0, 0.05) is 32.5 Å². The summed E-state index contributed by atoms with van der Waals surface area (Å²) in [5, 5.41) is 11.8. The summed E-state index contributed by atoms with van der Waals surface area (Å²) < 4.78 is 16.9. The third-order valence-corrected chi connectivity index (χ3v) is 11.8. The van der Waals surface area contributed by atoms with Gasteiger partial charge in [-0.25, -0.2) is 0 Å². The van der Waals surface area contributed by atoms with E-state index >= 15 is 0 Å². The van der Waals surface area contributed by atoms with E-state index in [4.69, 9.17) is 20.6 Å². The molecular formula is C55H75N5O9. The zero-order valence-corrected chi connectivity index (χ0v) is 42.0. The summed E-state index contributed by atoms with van der Waals surface area (Å²) in [6.07, 6.45) is 8.04. The van der Waals surface area contributed by atoms with Crippen molar-refractivity contribution in [1.29, 1.82) is 0 Å². The van der Waals surface area contributed by atoms with Crippen LogP contribution in [0.3, 0.4) is 0 Å². The largest absolute Gasteiger partial charge is 0.426 e. The van der Waals surface area contributed by atoms with E-state index in [1.165, 1.54) is 0 Å². The minimum absolute atomic E-state index is 0.0440. The zero-order chi connectivity index (χ0) is 50.5. The van der Waals surface area contributed by atoms with Crippen LogP contribution in [0.2, 0.25) is 0 Å². The number of epoxide rings is 1. The average Bonchev–Trinajstić information content (AvgIpc) is 4.06. The smallest absolute Gasteiger partial charge is 0.312 e. The summed E-state index contributed by atoms with van der Waals surface area (Å²) in [7, 11) is 0. The lowest BCUT2D eigenvalue weighted by atomic mass is 9.93. The number of benzene rings is 3. The molecule has 5 atom stereocenters. The van der Waals surface area contributed by atoms with Crippen molar-refractivity contribution in [3.8, 4) is 18.1 Å². The van der Waals surface area contributed by atoms with Gasteiger partial charge in [-0.3, -0.25) is 33.7 Å². The van der Waals surface area contributed by atoms with Gasteiger partial charge in [-0.1, -0.05) is 107 Å². The maximum atomic E-state index is 14.5. The van der Waals surface area contributed by atoms with Crippen LogP contribution in [0, 0.1) is 38.0 Å². The van der Waals surface area contributed by atoms with Gasteiger partial charge < -0.3 is 35.5 Å². The Labute approximate surface area is 409 Å². The first-order chi connectivity index (χ1) is 32.9. The van der Waals surface area contributed by atoms with Gasteiger partial charge in [0.15, 0.2) is 5.78 Å². The van der Waals surface area contributed by atoms with Gasteiger partial charge in [0.2, 0.25) is 23.6 Å². The Morgan fingerprint density at radius 2 is 1.30 bits per heavy atom. The second kappa shape index (κ2) is 27.9. The molecule has 374 valence electrons. The second-order valence-corrected chi connectivity index (χ2v) is 19.2. The Balaban J connectivity index is 1.56. The van der Waals surface area contributed by atoms with Crippen molar-refractivity contribution < 1.29 is 43.0 Å². The molecule has 69 heavy (non-hydrogen) atoms. The molecule has 1 aliphatic heterocycles. The molecule has 1 saturated heterocycles. The minimum Gasteiger partial charge on any atom is -0.426 e. The van der Waals surface area contributed by atoms with Crippen molar-refractivity contribution >= 4 is 35.4 Å². The molecule has 1 aliphatic rings. The predicted octanol–water partition coefficient (Wildman–Crippen LogP) is 6.12. The first-order valence-electron chi connectivity index (χ1n) is 24.4. The molecule has 0 bridgehead atoms. The average molecular weight is 950 g/mol. The molecule has 0 aromatic heterocycles. The minimum atomic E-state index is -1.08. The van der Waals surface area contributed by atoms with Crippen LogP contribution in [0.15, 0.2) is 72.8 Å². The molecule has 4 amide bonds. The number of carbonyl (C=O) groups excluding carboxylic acids is 6. The first-order valence-corrected chi connectivity index (χ1v) is 24.4. The molecule has 0 unspecified atom stereocenters. The van der Waals surface area contributed by atoms with E-state index < -0.39 is 59.4 Å². The highest BCUT2D eigenvalue weighted by atomic mass is 16.6. The van der Waals surface area contributed by atoms with Gasteiger partial charge in [0.1, 0.15) is 29.5 Å². The fourth-order valence-electron chi connectivity index (χ4n) is 8.11. The number of nitrogens with zero attached hydrogens (tertiary/aromatic N) is 1. The molecule has 3 aromatic carbocycles. The van der Waals surface area contributed by atoms with Crippen LogP contribution < -0.4 is 26.0 Å². The van der Waals surface area contributed by atoms with Crippen molar-refractivity contribution in [2.45, 2.75) is 143 Å². The Morgan fingerprint density at radius 1 is 0.754 bits per heavy atom. The monoisotopic (exact) mass is 950 g/mol. The summed E-state index contributed by atoms with van der Waals surface area (Å²) >= 11 is 0. The third-order valence-electron chi connectivity index (χ3n) is 11.8. The van der Waals surface area contributed by atoms with Crippen LogP contribution in [-0.2, 0) is 57.6 Å². The molecule has 14 heteroatoms. The van der Waals surface area contributed by atoms with Gasteiger partial charge in [-0.05, 0) is 92.5 Å². The predicted molar refractivity (Wildman–Crippen MR) is 267 cm³/mol. The Morgan fingerprint density at radius 3 is 1.88 bits per heavy atom. The number of rotatable bonds is 30. The number of amides is 4.